The number of methoxy groups -OCH3 is 1. The van der Waals surface area contributed by atoms with Crippen molar-refractivity contribution in [2.75, 3.05) is 30.8 Å². The lowest BCUT2D eigenvalue weighted by atomic mass is 10.2. The first-order chi connectivity index (χ1) is 20.0. The first-order valence-electron chi connectivity index (χ1n) is 12.5. The fraction of sp³-hybridized carbons (Fsp3) is 0.308. The average Bonchev–Trinajstić information content (AvgIpc) is 3.56. The third-order valence-corrected chi connectivity index (χ3v) is 6.69. The lowest BCUT2D eigenvalue weighted by Crippen LogP contribution is -2.34. The highest BCUT2D eigenvalue weighted by atomic mass is 19.4. The van der Waals surface area contributed by atoms with Crippen LogP contribution in [0, 0.1) is 11.3 Å². The summed E-state index contributed by atoms with van der Waals surface area (Å²) in [4.78, 5) is 39.4. The van der Waals surface area contributed by atoms with Gasteiger partial charge in [0, 0.05) is 52.8 Å². The van der Waals surface area contributed by atoms with Gasteiger partial charge in [-0.05, 0) is 18.6 Å². The highest BCUT2D eigenvalue weighted by Gasteiger charge is 2.32. The van der Waals surface area contributed by atoms with E-state index in [1.807, 2.05) is 6.07 Å². The molecule has 218 valence electrons. The molecule has 1 aliphatic heterocycles. The number of likely N-dealkylation sites (tertiary alicyclic amines) is 1. The Morgan fingerprint density at radius 2 is 2.02 bits per heavy atom. The molecule has 1 aliphatic rings. The summed E-state index contributed by atoms with van der Waals surface area (Å²) >= 11 is 0. The molecule has 4 aromatic rings. The molecule has 5 heterocycles. The summed E-state index contributed by atoms with van der Waals surface area (Å²) in [6, 6.07) is 5.40. The normalized spacial score (nSPS) is 15.1. The van der Waals surface area contributed by atoms with E-state index in [1.54, 1.807) is 12.0 Å². The average molecular weight is 584 g/mol. The van der Waals surface area contributed by atoms with E-state index >= 15 is 0 Å². The number of carbonyl (C=O) groups is 1. The molecule has 1 saturated heterocycles. The highest BCUT2D eigenvalue weighted by molar-refractivity contribution is 5.89. The molecule has 5 rings (SSSR count). The summed E-state index contributed by atoms with van der Waals surface area (Å²) in [5.74, 6) is 0.511. The second-order valence-electron chi connectivity index (χ2n) is 9.46. The van der Waals surface area contributed by atoms with Crippen LogP contribution < -0.4 is 20.9 Å². The molecule has 4 aromatic heterocycles. The van der Waals surface area contributed by atoms with E-state index in [0.717, 1.165) is 11.0 Å². The summed E-state index contributed by atoms with van der Waals surface area (Å²) in [5, 5.41) is 15.3. The van der Waals surface area contributed by atoms with Gasteiger partial charge in [0.15, 0.2) is 11.4 Å². The van der Waals surface area contributed by atoms with Crippen molar-refractivity contribution in [2.24, 2.45) is 14.1 Å². The van der Waals surface area contributed by atoms with Crippen molar-refractivity contribution in [3.05, 3.63) is 58.3 Å². The fourth-order valence-electron chi connectivity index (χ4n) is 4.49. The molecule has 0 saturated carbocycles. The lowest BCUT2D eigenvalue weighted by Gasteiger charge is -2.17. The topological polar surface area (TPSA) is 152 Å². The van der Waals surface area contributed by atoms with Crippen LogP contribution in [0.1, 0.15) is 17.5 Å². The number of nitriles is 1. The van der Waals surface area contributed by atoms with Crippen LogP contribution in [-0.2, 0) is 25.0 Å². The highest BCUT2D eigenvalue weighted by Crippen LogP contribution is 2.33. The largest absolute Gasteiger partial charge is 0.454 e. The third-order valence-electron chi connectivity index (χ3n) is 6.69. The number of pyridine rings is 3. The maximum atomic E-state index is 13.3. The second-order valence-corrected chi connectivity index (χ2v) is 9.46. The molecule has 1 fully saturated rings. The quantitative estimate of drug-likeness (QED) is 0.346. The molecule has 0 spiro atoms. The standard InChI is InChI=1S/C26H24F3N9O4/c1-36-12-14(26(27,28)29)8-18(23(36)39)33-24-35-22-21(37(24)2)17(10-30)19(11-32-22)42-15-4-6-31-20(9-15)34-25(40)38-7-5-16(13-38)41-3/h4,6,8-9,11-12,16H,5,7,13H2,1-3H3,(H,31,34,40)(H,32,33,35)/t16-/m0/s1. The fourth-order valence-corrected chi connectivity index (χ4v) is 4.49. The Morgan fingerprint density at radius 3 is 2.71 bits per heavy atom. The van der Waals surface area contributed by atoms with Crippen molar-refractivity contribution in [2.45, 2.75) is 18.7 Å². The van der Waals surface area contributed by atoms with Crippen LogP contribution in [0.5, 0.6) is 11.5 Å². The number of ether oxygens (including phenoxy) is 2. The van der Waals surface area contributed by atoms with Gasteiger partial charge in [0.25, 0.3) is 5.56 Å². The Hall–Kier alpha value is -5.17. The van der Waals surface area contributed by atoms with Crippen LogP contribution in [0.3, 0.4) is 0 Å². The van der Waals surface area contributed by atoms with Gasteiger partial charge in [0.1, 0.15) is 34.4 Å². The monoisotopic (exact) mass is 583 g/mol. The van der Waals surface area contributed by atoms with Gasteiger partial charge in [-0.1, -0.05) is 0 Å². The van der Waals surface area contributed by atoms with E-state index in [-0.39, 0.29) is 57.8 Å². The number of aromatic nitrogens is 5. The molecular formula is C26H24F3N9O4. The van der Waals surface area contributed by atoms with Crippen LogP contribution in [0.2, 0.25) is 0 Å². The SMILES string of the molecule is CO[C@H]1CCN(C(=O)Nc2cc(Oc3cnc4nc(Nc5cc(C(F)(F)F)cn(C)c5=O)n(C)c4c3C#N)ccn2)C1. The van der Waals surface area contributed by atoms with Gasteiger partial charge >= 0.3 is 12.2 Å². The number of amides is 2. The number of nitrogens with one attached hydrogen (secondary N) is 2. The van der Waals surface area contributed by atoms with Crippen LogP contribution in [-0.4, -0.2) is 61.3 Å². The first kappa shape index (κ1) is 28.4. The summed E-state index contributed by atoms with van der Waals surface area (Å²) in [5.41, 5.74) is -1.76. The van der Waals surface area contributed by atoms with Crippen molar-refractivity contribution in [1.82, 2.24) is 29.0 Å². The minimum atomic E-state index is -4.67. The molecule has 13 nitrogen and oxygen atoms in total. The van der Waals surface area contributed by atoms with Crippen LogP contribution >= 0.6 is 0 Å². The molecular weight excluding hydrogens is 559 g/mol. The maximum absolute atomic E-state index is 13.3. The molecule has 0 unspecified atom stereocenters. The number of urea groups is 1. The number of fused-ring (bicyclic) bond motifs is 1. The molecule has 1 atom stereocenters. The van der Waals surface area contributed by atoms with Gasteiger partial charge in [-0.15, -0.1) is 0 Å². The molecule has 0 aliphatic carbocycles. The van der Waals surface area contributed by atoms with Gasteiger partial charge in [0.05, 0.1) is 17.9 Å². The number of rotatable bonds is 6. The molecule has 2 N–H and O–H groups in total. The van der Waals surface area contributed by atoms with E-state index < -0.39 is 17.3 Å². The number of halogens is 3. The Kier molecular flexibility index (Phi) is 7.44. The van der Waals surface area contributed by atoms with Crippen LogP contribution in [0.4, 0.5) is 35.4 Å². The van der Waals surface area contributed by atoms with Gasteiger partial charge in [-0.3, -0.25) is 10.1 Å². The number of hydrogen-bond donors (Lipinski definition) is 2. The first-order valence-corrected chi connectivity index (χ1v) is 12.5. The number of aryl methyl sites for hydroxylation is 2. The summed E-state index contributed by atoms with van der Waals surface area (Å²) < 4.78 is 53.3. The summed E-state index contributed by atoms with van der Waals surface area (Å²) in [6.07, 6.45) is -0.577. The maximum Gasteiger partial charge on any atom is 0.417 e. The number of hydrogen-bond acceptors (Lipinski definition) is 9. The summed E-state index contributed by atoms with van der Waals surface area (Å²) in [6.45, 7) is 1.00. The van der Waals surface area contributed by atoms with Crippen molar-refractivity contribution in [3.8, 4) is 17.6 Å². The number of imidazole rings is 1. The van der Waals surface area contributed by atoms with E-state index in [0.29, 0.717) is 25.4 Å². The van der Waals surface area contributed by atoms with Crippen molar-refractivity contribution < 1.29 is 27.4 Å². The lowest BCUT2D eigenvalue weighted by molar-refractivity contribution is -0.138. The number of carbonyl (C=O) groups excluding carboxylic acids is 1. The minimum Gasteiger partial charge on any atom is -0.454 e. The van der Waals surface area contributed by atoms with Crippen molar-refractivity contribution in [3.63, 3.8) is 0 Å². The second kappa shape index (κ2) is 11.0. The molecule has 0 aromatic carbocycles. The molecule has 0 radical (unpaired) electrons. The van der Waals surface area contributed by atoms with Crippen LogP contribution in [0.15, 0.2) is 41.6 Å². The zero-order valence-corrected chi connectivity index (χ0v) is 22.6. The van der Waals surface area contributed by atoms with Crippen molar-refractivity contribution >= 4 is 34.6 Å². The number of alkyl halides is 3. The van der Waals surface area contributed by atoms with E-state index in [2.05, 4.69) is 25.6 Å². The molecule has 16 heteroatoms. The van der Waals surface area contributed by atoms with Gasteiger partial charge < -0.3 is 28.8 Å². The molecule has 0 bridgehead atoms. The van der Waals surface area contributed by atoms with E-state index in [4.69, 9.17) is 9.47 Å². The van der Waals surface area contributed by atoms with Gasteiger partial charge in [-0.25, -0.2) is 14.8 Å². The third kappa shape index (κ3) is 5.54. The Bertz CT molecular complexity index is 1780. The predicted octanol–water partition coefficient (Wildman–Crippen LogP) is 3.74. The Balaban J connectivity index is 1.41. The van der Waals surface area contributed by atoms with E-state index in [1.165, 1.54) is 43.2 Å². The Labute approximate surface area is 236 Å². The Morgan fingerprint density at radius 1 is 1.24 bits per heavy atom. The summed E-state index contributed by atoms with van der Waals surface area (Å²) in [7, 11) is 4.31. The van der Waals surface area contributed by atoms with Crippen molar-refractivity contribution in [1.29, 1.82) is 5.26 Å². The van der Waals surface area contributed by atoms with Crippen LogP contribution in [0.25, 0.3) is 11.2 Å². The number of anilines is 3. The van der Waals surface area contributed by atoms with Gasteiger partial charge in [0.2, 0.25) is 5.95 Å². The molecule has 2 amide bonds. The smallest absolute Gasteiger partial charge is 0.417 e. The van der Waals surface area contributed by atoms with Gasteiger partial charge in [-0.2, -0.15) is 23.4 Å². The predicted molar refractivity (Wildman–Crippen MR) is 144 cm³/mol. The van der Waals surface area contributed by atoms with E-state index in [9.17, 15) is 28.0 Å². The zero-order chi connectivity index (χ0) is 30.2. The molecule has 42 heavy (non-hydrogen) atoms. The number of nitrogens with zero attached hydrogens (tertiary/aromatic N) is 7. The minimum absolute atomic E-state index is 0.0193. The zero-order valence-electron chi connectivity index (χ0n) is 22.6.